The van der Waals surface area contributed by atoms with Crippen molar-refractivity contribution in [3.63, 3.8) is 0 Å². The molecule has 1 fully saturated rings. The number of nitrogens with zero attached hydrogens (tertiary/aromatic N) is 2. The number of alkyl carbamates (subject to hydrolysis) is 1. The minimum atomic E-state index is -0.428. The summed E-state index contributed by atoms with van der Waals surface area (Å²) in [7, 11) is 1.94. The molecule has 1 aliphatic carbocycles. The van der Waals surface area contributed by atoms with E-state index in [1.165, 1.54) is 0 Å². The van der Waals surface area contributed by atoms with Gasteiger partial charge in [-0.25, -0.2) is 9.78 Å². The van der Waals surface area contributed by atoms with E-state index in [-0.39, 0.29) is 24.6 Å². The van der Waals surface area contributed by atoms with Crippen LogP contribution in [0.3, 0.4) is 0 Å². The monoisotopic (exact) mass is 318 g/mol. The highest BCUT2D eigenvalue weighted by Crippen LogP contribution is 2.25. The molecule has 0 bridgehead atoms. The molecule has 0 atom stereocenters. The minimum absolute atomic E-state index is 0.0651. The standard InChI is InChI=1S/C16H22N4O3/c1-9(2)20(3)14-6-11-12(7-17-15(11)21)13(19-14)8-18-16(22)23-10-4-5-10/h6,9-10H,4-5,7-8H2,1-3H3,(H,17,21)(H,18,22). The Hall–Kier alpha value is -2.31. The fourth-order valence-electron chi connectivity index (χ4n) is 2.40. The zero-order chi connectivity index (χ0) is 16.6. The van der Waals surface area contributed by atoms with Gasteiger partial charge < -0.3 is 20.3 Å². The Labute approximate surface area is 135 Å². The molecule has 23 heavy (non-hydrogen) atoms. The van der Waals surface area contributed by atoms with Crippen molar-refractivity contribution in [2.45, 2.75) is 51.9 Å². The van der Waals surface area contributed by atoms with Crippen LogP contribution in [-0.2, 0) is 17.8 Å². The Balaban J connectivity index is 1.81. The first kappa shape index (κ1) is 15.6. The van der Waals surface area contributed by atoms with E-state index >= 15 is 0 Å². The average molecular weight is 318 g/mol. The predicted octanol–water partition coefficient (Wildman–Crippen LogP) is 1.56. The van der Waals surface area contributed by atoms with Crippen molar-refractivity contribution in [3.05, 3.63) is 22.9 Å². The maximum Gasteiger partial charge on any atom is 0.407 e. The molecule has 0 aromatic carbocycles. The summed E-state index contributed by atoms with van der Waals surface area (Å²) in [5.74, 6) is 0.630. The summed E-state index contributed by atoms with van der Waals surface area (Å²) >= 11 is 0. The van der Waals surface area contributed by atoms with Crippen LogP contribution >= 0.6 is 0 Å². The lowest BCUT2D eigenvalue weighted by molar-refractivity contribution is 0.0965. The van der Waals surface area contributed by atoms with Crippen molar-refractivity contribution in [2.75, 3.05) is 11.9 Å². The summed E-state index contributed by atoms with van der Waals surface area (Å²) in [6.45, 7) is 4.81. The fourth-order valence-corrected chi connectivity index (χ4v) is 2.40. The number of nitrogens with one attached hydrogen (secondary N) is 2. The normalized spacial score (nSPS) is 16.1. The molecule has 0 spiro atoms. The second-order valence-corrected chi connectivity index (χ2v) is 6.30. The van der Waals surface area contributed by atoms with Crippen LogP contribution in [0.4, 0.5) is 10.6 Å². The zero-order valence-electron chi connectivity index (χ0n) is 13.7. The van der Waals surface area contributed by atoms with Gasteiger partial charge in [0, 0.05) is 30.8 Å². The van der Waals surface area contributed by atoms with Crippen LogP contribution in [0.1, 0.15) is 48.3 Å². The summed E-state index contributed by atoms with van der Waals surface area (Å²) in [4.78, 5) is 30.3. The van der Waals surface area contributed by atoms with Crippen LogP contribution in [-0.4, -0.2) is 36.2 Å². The number of carbonyl (C=O) groups is 2. The van der Waals surface area contributed by atoms with Crippen LogP contribution in [0.5, 0.6) is 0 Å². The molecule has 1 aromatic rings. The Morgan fingerprint density at radius 1 is 1.52 bits per heavy atom. The first-order valence-electron chi connectivity index (χ1n) is 7.94. The minimum Gasteiger partial charge on any atom is -0.446 e. The third kappa shape index (κ3) is 3.38. The van der Waals surface area contributed by atoms with Gasteiger partial charge in [0.1, 0.15) is 11.9 Å². The van der Waals surface area contributed by atoms with Crippen molar-refractivity contribution < 1.29 is 14.3 Å². The molecule has 2 N–H and O–H groups in total. The van der Waals surface area contributed by atoms with Gasteiger partial charge in [-0.1, -0.05) is 0 Å². The van der Waals surface area contributed by atoms with Gasteiger partial charge in [0.15, 0.2) is 0 Å². The third-order valence-electron chi connectivity index (χ3n) is 4.20. The van der Waals surface area contributed by atoms with E-state index in [0.29, 0.717) is 17.8 Å². The van der Waals surface area contributed by atoms with Crippen LogP contribution in [0.25, 0.3) is 0 Å². The largest absolute Gasteiger partial charge is 0.446 e. The van der Waals surface area contributed by atoms with E-state index in [1.807, 2.05) is 18.0 Å². The first-order valence-corrected chi connectivity index (χ1v) is 7.94. The molecule has 2 aliphatic rings. The molecular weight excluding hydrogens is 296 g/mol. The molecule has 2 heterocycles. The maximum atomic E-state index is 12.0. The number of hydrogen-bond acceptors (Lipinski definition) is 5. The number of anilines is 1. The topological polar surface area (TPSA) is 83.6 Å². The van der Waals surface area contributed by atoms with E-state index in [4.69, 9.17) is 4.74 Å². The average Bonchev–Trinajstić information content (AvgIpc) is 3.25. The number of aromatic nitrogens is 1. The Kier molecular flexibility index (Phi) is 4.11. The summed E-state index contributed by atoms with van der Waals surface area (Å²) in [5.41, 5.74) is 2.19. The van der Waals surface area contributed by atoms with Crippen LogP contribution in [0, 0.1) is 0 Å². The number of rotatable bonds is 5. The summed E-state index contributed by atoms with van der Waals surface area (Å²) in [5, 5.41) is 5.54. The van der Waals surface area contributed by atoms with Gasteiger partial charge in [-0.15, -0.1) is 0 Å². The van der Waals surface area contributed by atoms with E-state index in [2.05, 4.69) is 29.5 Å². The highest BCUT2D eigenvalue weighted by Gasteiger charge is 2.27. The van der Waals surface area contributed by atoms with Crippen molar-refractivity contribution in [2.24, 2.45) is 0 Å². The molecule has 0 unspecified atom stereocenters. The molecule has 0 saturated heterocycles. The second kappa shape index (κ2) is 6.06. The molecule has 7 nitrogen and oxygen atoms in total. The van der Waals surface area contributed by atoms with Gasteiger partial charge in [0.2, 0.25) is 0 Å². The van der Waals surface area contributed by atoms with Crippen molar-refractivity contribution in [1.82, 2.24) is 15.6 Å². The Morgan fingerprint density at radius 3 is 2.91 bits per heavy atom. The van der Waals surface area contributed by atoms with E-state index in [1.54, 1.807) is 0 Å². The first-order chi connectivity index (χ1) is 11.0. The molecule has 1 saturated carbocycles. The summed E-state index contributed by atoms with van der Waals surface area (Å²) < 4.78 is 5.17. The van der Waals surface area contributed by atoms with Gasteiger partial charge in [-0.05, 0) is 32.8 Å². The van der Waals surface area contributed by atoms with Gasteiger partial charge >= 0.3 is 6.09 Å². The Morgan fingerprint density at radius 2 is 2.26 bits per heavy atom. The molecule has 1 aromatic heterocycles. The molecular formula is C16H22N4O3. The molecule has 2 amide bonds. The van der Waals surface area contributed by atoms with Crippen molar-refractivity contribution in [3.8, 4) is 0 Å². The highest BCUT2D eigenvalue weighted by atomic mass is 16.6. The zero-order valence-corrected chi connectivity index (χ0v) is 13.7. The van der Waals surface area contributed by atoms with Gasteiger partial charge in [0.25, 0.3) is 5.91 Å². The van der Waals surface area contributed by atoms with Crippen LogP contribution in [0.2, 0.25) is 0 Å². The number of amides is 2. The van der Waals surface area contributed by atoms with E-state index in [0.717, 1.165) is 24.2 Å². The second-order valence-electron chi connectivity index (χ2n) is 6.30. The van der Waals surface area contributed by atoms with Crippen LogP contribution in [0.15, 0.2) is 6.07 Å². The molecule has 3 rings (SSSR count). The summed E-state index contributed by atoms with van der Waals surface area (Å²) in [6.07, 6.45) is 1.51. The number of ether oxygens (including phenoxy) is 1. The predicted molar refractivity (Wildman–Crippen MR) is 85.3 cm³/mol. The van der Waals surface area contributed by atoms with E-state index in [9.17, 15) is 9.59 Å². The van der Waals surface area contributed by atoms with Crippen molar-refractivity contribution >= 4 is 17.8 Å². The smallest absolute Gasteiger partial charge is 0.407 e. The quantitative estimate of drug-likeness (QED) is 0.861. The van der Waals surface area contributed by atoms with Gasteiger partial charge in [0.05, 0.1) is 12.2 Å². The molecule has 7 heteroatoms. The lowest BCUT2D eigenvalue weighted by Gasteiger charge is -2.24. The van der Waals surface area contributed by atoms with Crippen molar-refractivity contribution in [1.29, 1.82) is 0 Å². The number of pyridine rings is 1. The molecule has 1 aliphatic heterocycles. The van der Waals surface area contributed by atoms with Gasteiger partial charge in [-0.2, -0.15) is 0 Å². The van der Waals surface area contributed by atoms with E-state index < -0.39 is 6.09 Å². The third-order valence-corrected chi connectivity index (χ3v) is 4.20. The summed E-state index contributed by atoms with van der Waals surface area (Å²) in [6, 6.07) is 2.06. The van der Waals surface area contributed by atoms with Gasteiger partial charge in [-0.3, -0.25) is 4.79 Å². The lowest BCUT2D eigenvalue weighted by Crippen LogP contribution is -2.29. The van der Waals surface area contributed by atoms with Crippen LogP contribution < -0.4 is 15.5 Å². The number of fused-ring (bicyclic) bond motifs is 1. The number of carbonyl (C=O) groups excluding carboxylic acids is 2. The SMILES string of the molecule is CC(C)N(C)c1cc2c(c(CNC(=O)OC3CC3)n1)CNC2=O. The molecule has 0 radical (unpaired) electrons. The lowest BCUT2D eigenvalue weighted by atomic mass is 10.1. The molecule has 124 valence electrons. The highest BCUT2D eigenvalue weighted by molar-refractivity contribution is 5.99. The fraction of sp³-hybridized carbons (Fsp3) is 0.562. The Bertz CT molecular complexity index is 640. The number of hydrogen-bond donors (Lipinski definition) is 2. The maximum absolute atomic E-state index is 12.0.